The third kappa shape index (κ3) is 4.45. The third-order valence-corrected chi connectivity index (χ3v) is 5.47. The van der Waals surface area contributed by atoms with Crippen molar-refractivity contribution in [3.63, 3.8) is 0 Å². The van der Waals surface area contributed by atoms with Crippen molar-refractivity contribution in [3.05, 3.63) is 66.4 Å². The quantitative estimate of drug-likeness (QED) is 0.682. The molecule has 4 rings (SSSR count). The number of hydrogen-bond donors (Lipinski definition) is 1. The predicted octanol–water partition coefficient (Wildman–Crippen LogP) is 3.44. The van der Waals surface area contributed by atoms with Crippen molar-refractivity contribution < 1.29 is 19.4 Å². The molecule has 1 amide bonds. The van der Waals surface area contributed by atoms with Crippen molar-refractivity contribution in [2.45, 2.75) is 19.4 Å². The van der Waals surface area contributed by atoms with E-state index in [1.807, 2.05) is 47.4 Å². The standard InChI is InChI=1S/C24H25N3O4/c1-24(2,23(29)30)31-19-10-8-18(9-11-19)26-13-15-27(16-14-26)22(28)21-12-7-17-5-3-4-6-20(17)25-21/h3-12H,13-16H2,1-2H3,(H,29,30). The van der Waals surface area contributed by atoms with E-state index in [2.05, 4.69) is 9.88 Å². The Morgan fingerprint density at radius 2 is 1.61 bits per heavy atom. The Morgan fingerprint density at radius 3 is 2.29 bits per heavy atom. The number of carbonyl (C=O) groups excluding carboxylic acids is 1. The van der Waals surface area contributed by atoms with E-state index in [1.54, 1.807) is 18.2 Å². The van der Waals surface area contributed by atoms with Gasteiger partial charge in [0.2, 0.25) is 0 Å². The largest absolute Gasteiger partial charge is 0.478 e. The number of fused-ring (bicyclic) bond motifs is 1. The first-order chi connectivity index (χ1) is 14.8. The molecule has 0 bridgehead atoms. The number of aliphatic carboxylic acids is 1. The Labute approximate surface area is 180 Å². The summed E-state index contributed by atoms with van der Waals surface area (Å²) in [6.45, 7) is 5.67. The molecule has 1 fully saturated rings. The summed E-state index contributed by atoms with van der Waals surface area (Å²) < 4.78 is 5.56. The lowest BCUT2D eigenvalue weighted by molar-refractivity contribution is -0.152. The van der Waals surface area contributed by atoms with E-state index in [4.69, 9.17) is 4.74 Å². The normalized spacial score (nSPS) is 14.5. The summed E-state index contributed by atoms with van der Waals surface area (Å²) in [5.74, 6) is -0.560. The first-order valence-electron chi connectivity index (χ1n) is 10.3. The van der Waals surface area contributed by atoms with Crippen molar-refractivity contribution in [2.75, 3.05) is 31.1 Å². The van der Waals surface area contributed by atoms with E-state index < -0.39 is 11.6 Å². The number of benzene rings is 2. The Kier molecular flexibility index (Phi) is 5.50. The molecule has 7 heteroatoms. The maximum Gasteiger partial charge on any atom is 0.347 e. The molecule has 160 valence electrons. The van der Waals surface area contributed by atoms with E-state index in [9.17, 15) is 14.7 Å². The van der Waals surface area contributed by atoms with Gasteiger partial charge in [0, 0.05) is 37.3 Å². The minimum atomic E-state index is -1.29. The molecule has 2 aromatic carbocycles. The molecule has 2 heterocycles. The molecule has 3 aromatic rings. The number of carbonyl (C=O) groups is 2. The number of carboxylic acids is 1. The number of ether oxygens (including phenoxy) is 1. The average Bonchev–Trinajstić information content (AvgIpc) is 2.78. The summed E-state index contributed by atoms with van der Waals surface area (Å²) in [5, 5.41) is 10.2. The maximum absolute atomic E-state index is 12.9. The molecule has 1 aliphatic rings. The molecule has 0 atom stereocenters. The van der Waals surface area contributed by atoms with Crippen molar-refractivity contribution in [2.24, 2.45) is 0 Å². The molecular formula is C24H25N3O4. The van der Waals surface area contributed by atoms with Crippen molar-refractivity contribution in [1.29, 1.82) is 0 Å². The van der Waals surface area contributed by atoms with E-state index in [-0.39, 0.29) is 5.91 Å². The molecule has 0 unspecified atom stereocenters. The maximum atomic E-state index is 12.9. The van der Waals surface area contributed by atoms with Gasteiger partial charge in [-0.25, -0.2) is 9.78 Å². The number of amides is 1. The molecule has 0 radical (unpaired) electrons. The van der Waals surface area contributed by atoms with E-state index in [1.165, 1.54) is 13.8 Å². The van der Waals surface area contributed by atoms with Crippen LogP contribution in [-0.4, -0.2) is 58.6 Å². The van der Waals surface area contributed by atoms with Gasteiger partial charge in [0.25, 0.3) is 5.91 Å². The Bertz CT molecular complexity index is 1100. The van der Waals surface area contributed by atoms with Crippen LogP contribution < -0.4 is 9.64 Å². The monoisotopic (exact) mass is 419 g/mol. The second kappa shape index (κ2) is 8.26. The molecule has 1 N–H and O–H groups in total. The van der Waals surface area contributed by atoms with E-state index in [0.29, 0.717) is 37.6 Å². The molecule has 1 aliphatic heterocycles. The number of piperazine rings is 1. The molecular weight excluding hydrogens is 394 g/mol. The lowest BCUT2D eigenvalue weighted by atomic mass is 10.1. The van der Waals surface area contributed by atoms with Gasteiger partial charge in [-0.3, -0.25) is 4.79 Å². The summed E-state index contributed by atoms with van der Waals surface area (Å²) in [6.07, 6.45) is 0. The number of para-hydroxylation sites is 1. The topological polar surface area (TPSA) is 83.0 Å². The van der Waals surface area contributed by atoms with Gasteiger partial charge in [-0.05, 0) is 50.2 Å². The average molecular weight is 419 g/mol. The molecule has 0 aliphatic carbocycles. The van der Waals surface area contributed by atoms with Gasteiger partial charge in [0.05, 0.1) is 5.52 Å². The highest BCUT2D eigenvalue weighted by atomic mass is 16.5. The van der Waals surface area contributed by atoms with Crippen LogP contribution in [0.5, 0.6) is 5.75 Å². The third-order valence-electron chi connectivity index (χ3n) is 5.47. The molecule has 1 aromatic heterocycles. The number of rotatable bonds is 5. The number of carboxylic acid groups (broad SMARTS) is 1. The minimum absolute atomic E-state index is 0.0509. The molecule has 0 saturated carbocycles. The van der Waals surface area contributed by atoms with E-state index in [0.717, 1.165) is 16.6 Å². The number of anilines is 1. The summed E-state index contributed by atoms with van der Waals surface area (Å²) in [4.78, 5) is 32.7. The molecule has 1 saturated heterocycles. The lowest BCUT2D eigenvalue weighted by Crippen LogP contribution is -2.49. The van der Waals surface area contributed by atoms with Gasteiger partial charge in [0.15, 0.2) is 5.60 Å². The zero-order chi connectivity index (χ0) is 22.0. The zero-order valence-corrected chi connectivity index (χ0v) is 17.6. The fourth-order valence-corrected chi connectivity index (χ4v) is 3.58. The minimum Gasteiger partial charge on any atom is -0.478 e. The molecule has 7 nitrogen and oxygen atoms in total. The smallest absolute Gasteiger partial charge is 0.347 e. The Morgan fingerprint density at radius 1 is 0.935 bits per heavy atom. The first kappa shape index (κ1) is 20.7. The summed E-state index contributed by atoms with van der Waals surface area (Å²) >= 11 is 0. The second-order valence-corrected chi connectivity index (χ2v) is 8.08. The highest BCUT2D eigenvalue weighted by Gasteiger charge is 2.29. The summed E-state index contributed by atoms with van der Waals surface area (Å²) in [7, 11) is 0. The van der Waals surface area contributed by atoms with Gasteiger partial charge in [-0.2, -0.15) is 0 Å². The SMILES string of the molecule is CC(C)(Oc1ccc(N2CCN(C(=O)c3ccc4ccccc4n3)CC2)cc1)C(=O)O. The van der Waals surface area contributed by atoms with E-state index >= 15 is 0 Å². The van der Waals surface area contributed by atoms with Crippen LogP contribution in [0.15, 0.2) is 60.7 Å². The van der Waals surface area contributed by atoms with Gasteiger partial charge >= 0.3 is 5.97 Å². The highest BCUT2D eigenvalue weighted by molar-refractivity contribution is 5.95. The lowest BCUT2D eigenvalue weighted by Gasteiger charge is -2.36. The number of pyridine rings is 1. The van der Waals surface area contributed by atoms with Crippen LogP contribution in [0.3, 0.4) is 0 Å². The van der Waals surface area contributed by atoms with Crippen molar-refractivity contribution in [1.82, 2.24) is 9.88 Å². The Hall–Kier alpha value is -3.61. The van der Waals surface area contributed by atoms with Crippen LogP contribution in [0, 0.1) is 0 Å². The first-order valence-corrected chi connectivity index (χ1v) is 10.3. The van der Waals surface area contributed by atoms with Gasteiger partial charge in [-0.1, -0.05) is 24.3 Å². The summed E-state index contributed by atoms with van der Waals surface area (Å²) in [5.41, 5.74) is 1.01. The van der Waals surface area contributed by atoms with Crippen LogP contribution in [0.1, 0.15) is 24.3 Å². The predicted molar refractivity (Wildman–Crippen MR) is 119 cm³/mol. The summed E-state index contributed by atoms with van der Waals surface area (Å²) in [6, 6.07) is 18.9. The van der Waals surface area contributed by atoms with Gasteiger partial charge in [0.1, 0.15) is 11.4 Å². The van der Waals surface area contributed by atoms with Crippen LogP contribution in [0.25, 0.3) is 10.9 Å². The van der Waals surface area contributed by atoms with Gasteiger partial charge in [-0.15, -0.1) is 0 Å². The van der Waals surface area contributed by atoms with Crippen LogP contribution >= 0.6 is 0 Å². The number of nitrogens with zero attached hydrogens (tertiary/aromatic N) is 3. The zero-order valence-electron chi connectivity index (χ0n) is 17.6. The number of aromatic nitrogens is 1. The fourth-order valence-electron chi connectivity index (χ4n) is 3.58. The number of hydrogen-bond acceptors (Lipinski definition) is 5. The van der Waals surface area contributed by atoms with Crippen LogP contribution in [-0.2, 0) is 4.79 Å². The second-order valence-electron chi connectivity index (χ2n) is 8.08. The molecule has 0 spiro atoms. The van der Waals surface area contributed by atoms with Crippen molar-refractivity contribution >= 4 is 28.5 Å². The van der Waals surface area contributed by atoms with Crippen LogP contribution in [0.2, 0.25) is 0 Å². The molecule has 31 heavy (non-hydrogen) atoms. The van der Waals surface area contributed by atoms with Crippen molar-refractivity contribution in [3.8, 4) is 5.75 Å². The van der Waals surface area contributed by atoms with Crippen LogP contribution in [0.4, 0.5) is 5.69 Å². The van der Waals surface area contributed by atoms with Gasteiger partial charge < -0.3 is 19.6 Å². The fraction of sp³-hybridized carbons (Fsp3) is 0.292. The Balaban J connectivity index is 1.37. The highest BCUT2D eigenvalue weighted by Crippen LogP contribution is 2.24.